The number of carbonyl (C=O) groups is 1. The minimum absolute atomic E-state index is 0.141. The van der Waals surface area contributed by atoms with Gasteiger partial charge in [0.15, 0.2) is 6.10 Å². The highest BCUT2D eigenvalue weighted by atomic mass is 16.3. The number of anilines is 1. The Morgan fingerprint density at radius 3 is 2.76 bits per heavy atom. The Kier molecular flexibility index (Phi) is 2.66. The summed E-state index contributed by atoms with van der Waals surface area (Å²) in [6.07, 6.45) is -0.537. The number of primary amides is 1. The Hall–Kier alpha value is -2.19. The maximum absolute atomic E-state index is 10.8. The van der Waals surface area contributed by atoms with Crippen LogP contribution in [0.2, 0.25) is 0 Å². The number of H-pyrrole nitrogens is 1. The molecular formula is C9H11N5O3. The molecule has 0 spiro atoms. The van der Waals surface area contributed by atoms with Gasteiger partial charge in [0.05, 0.1) is 5.39 Å². The summed E-state index contributed by atoms with van der Waals surface area (Å²) >= 11 is 0. The molecule has 0 saturated heterocycles. The van der Waals surface area contributed by atoms with Crippen LogP contribution in [0, 0.1) is 0 Å². The minimum Gasteiger partial charge on any atom is -0.385 e. The van der Waals surface area contributed by atoms with Gasteiger partial charge in [-0.2, -0.15) is 0 Å². The normalized spacial score (nSPS) is 14.7. The molecule has 8 heteroatoms. The van der Waals surface area contributed by atoms with Crippen molar-refractivity contribution in [3.63, 3.8) is 0 Å². The first-order valence-electron chi connectivity index (χ1n) is 4.75. The molecule has 2 rings (SSSR count). The van der Waals surface area contributed by atoms with Crippen molar-refractivity contribution in [3.05, 3.63) is 18.1 Å². The number of nitrogens with two attached hydrogens (primary N) is 2. The average molecular weight is 237 g/mol. The summed E-state index contributed by atoms with van der Waals surface area (Å²) in [7, 11) is 0. The second kappa shape index (κ2) is 4.00. The lowest BCUT2D eigenvalue weighted by molar-refractivity contribution is -0.131. The molecule has 2 aromatic rings. The molecule has 7 N–H and O–H groups in total. The third-order valence-corrected chi connectivity index (χ3v) is 2.44. The van der Waals surface area contributed by atoms with Crippen molar-refractivity contribution >= 4 is 22.8 Å². The summed E-state index contributed by atoms with van der Waals surface area (Å²) in [4.78, 5) is 21.2. The van der Waals surface area contributed by atoms with Crippen LogP contribution in [0.4, 0.5) is 5.82 Å². The molecule has 0 bridgehead atoms. The SMILES string of the molecule is NC(=O)C(O)C(O)c1c[nH]c2ncnc(N)c12. The van der Waals surface area contributed by atoms with Gasteiger partial charge in [-0.05, 0) is 0 Å². The molecule has 8 nitrogen and oxygen atoms in total. The van der Waals surface area contributed by atoms with E-state index < -0.39 is 18.1 Å². The number of nitrogen functional groups attached to an aromatic ring is 1. The predicted molar refractivity (Wildman–Crippen MR) is 58.5 cm³/mol. The van der Waals surface area contributed by atoms with Gasteiger partial charge in [0.2, 0.25) is 5.91 Å². The van der Waals surface area contributed by atoms with Crippen LogP contribution in [-0.2, 0) is 4.79 Å². The van der Waals surface area contributed by atoms with Crippen LogP contribution < -0.4 is 11.5 Å². The van der Waals surface area contributed by atoms with Gasteiger partial charge in [0, 0.05) is 11.8 Å². The first-order chi connectivity index (χ1) is 8.02. The Bertz CT molecular complexity index is 567. The molecule has 0 aromatic carbocycles. The summed E-state index contributed by atoms with van der Waals surface area (Å²) in [5.74, 6) is -0.885. The van der Waals surface area contributed by atoms with Gasteiger partial charge in [-0.1, -0.05) is 0 Å². The average Bonchev–Trinajstić information content (AvgIpc) is 2.72. The van der Waals surface area contributed by atoms with Gasteiger partial charge in [-0.15, -0.1) is 0 Å². The zero-order valence-corrected chi connectivity index (χ0v) is 8.66. The van der Waals surface area contributed by atoms with E-state index in [1.807, 2.05) is 0 Å². The number of aliphatic hydroxyl groups is 2. The molecular weight excluding hydrogens is 226 g/mol. The number of nitrogens with one attached hydrogen (secondary N) is 1. The van der Waals surface area contributed by atoms with E-state index in [9.17, 15) is 15.0 Å². The number of hydrogen-bond donors (Lipinski definition) is 5. The van der Waals surface area contributed by atoms with Crippen molar-refractivity contribution in [2.75, 3.05) is 5.73 Å². The monoisotopic (exact) mass is 237 g/mol. The van der Waals surface area contributed by atoms with E-state index in [1.54, 1.807) is 0 Å². The van der Waals surface area contributed by atoms with Gasteiger partial charge in [-0.3, -0.25) is 4.79 Å². The van der Waals surface area contributed by atoms with Crippen molar-refractivity contribution in [2.24, 2.45) is 5.73 Å². The molecule has 1 amide bonds. The lowest BCUT2D eigenvalue weighted by Gasteiger charge is -2.14. The standard InChI is InChI=1S/C9H11N5O3/c10-7-4-3(5(15)6(16)8(11)17)1-12-9(4)14-2-13-7/h1-2,5-6,15-16H,(H2,11,17)(H3,10,12,13,14). The molecule has 0 radical (unpaired) electrons. The van der Waals surface area contributed by atoms with E-state index in [-0.39, 0.29) is 11.4 Å². The summed E-state index contributed by atoms with van der Waals surface area (Å²) in [5.41, 5.74) is 11.2. The van der Waals surface area contributed by atoms with Crippen LogP contribution in [0.25, 0.3) is 11.0 Å². The molecule has 2 heterocycles. The summed E-state index contributed by atoms with van der Waals surface area (Å²) in [6, 6.07) is 0. The number of nitrogens with zero attached hydrogens (tertiary/aromatic N) is 2. The van der Waals surface area contributed by atoms with E-state index in [1.165, 1.54) is 12.5 Å². The van der Waals surface area contributed by atoms with Crippen molar-refractivity contribution < 1.29 is 15.0 Å². The smallest absolute Gasteiger partial charge is 0.249 e. The first kappa shape index (κ1) is 11.3. The zero-order valence-electron chi connectivity index (χ0n) is 8.66. The molecule has 2 atom stereocenters. The number of amides is 1. The van der Waals surface area contributed by atoms with E-state index in [0.717, 1.165) is 0 Å². The fraction of sp³-hybridized carbons (Fsp3) is 0.222. The number of aromatic amines is 1. The number of hydrogen-bond acceptors (Lipinski definition) is 6. The minimum atomic E-state index is -1.71. The Morgan fingerprint density at radius 1 is 1.41 bits per heavy atom. The molecule has 0 saturated carbocycles. The second-order valence-electron chi connectivity index (χ2n) is 3.52. The lowest BCUT2D eigenvalue weighted by atomic mass is 10.0. The second-order valence-corrected chi connectivity index (χ2v) is 3.52. The van der Waals surface area contributed by atoms with E-state index in [0.29, 0.717) is 11.0 Å². The maximum Gasteiger partial charge on any atom is 0.249 e. The van der Waals surface area contributed by atoms with Gasteiger partial charge in [0.1, 0.15) is 23.9 Å². The molecule has 0 fully saturated rings. The number of aromatic nitrogens is 3. The van der Waals surface area contributed by atoms with Crippen molar-refractivity contribution in [1.82, 2.24) is 15.0 Å². The van der Waals surface area contributed by atoms with Crippen LogP contribution in [0.5, 0.6) is 0 Å². The summed E-state index contributed by atoms with van der Waals surface area (Å²) in [5, 5.41) is 19.5. The molecule has 2 aromatic heterocycles. The maximum atomic E-state index is 10.8. The van der Waals surface area contributed by atoms with Crippen LogP contribution in [0.15, 0.2) is 12.5 Å². The van der Waals surface area contributed by atoms with Crippen LogP contribution in [-0.4, -0.2) is 37.2 Å². The highest BCUT2D eigenvalue weighted by Gasteiger charge is 2.26. The molecule has 0 aliphatic heterocycles. The Morgan fingerprint density at radius 2 is 2.12 bits per heavy atom. The summed E-state index contributed by atoms with van der Waals surface area (Å²) in [6.45, 7) is 0. The van der Waals surface area contributed by atoms with Crippen LogP contribution >= 0.6 is 0 Å². The first-order valence-corrected chi connectivity index (χ1v) is 4.75. The van der Waals surface area contributed by atoms with Crippen molar-refractivity contribution in [3.8, 4) is 0 Å². The lowest BCUT2D eigenvalue weighted by Crippen LogP contribution is -2.33. The summed E-state index contributed by atoms with van der Waals surface area (Å²) < 4.78 is 0. The quantitative estimate of drug-likeness (QED) is 0.434. The van der Waals surface area contributed by atoms with Gasteiger partial charge >= 0.3 is 0 Å². The Balaban J connectivity index is 2.52. The molecule has 17 heavy (non-hydrogen) atoms. The van der Waals surface area contributed by atoms with E-state index >= 15 is 0 Å². The third-order valence-electron chi connectivity index (χ3n) is 2.44. The number of carbonyl (C=O) groups excluding carboxylic acids is 1. The number of fused-ring (bicyclic) bond motifs is 1. The third kappa shape index (κ3) is 1.79. The molecule has 0 aliphatic carbocycles. The molecule has 90 valence electrons. The fourth-order valence-electron chi connectivity index (χ4n) is 1.57. The van der Waals surface area contributed by atoms with Crippen molar-refractivity contribution in [2.45, 2.75) is 12.2 Å². The highest BCUT2D eigenvalue weighted by Crippen LogP contribution is 2.28. The van der Waals surface area contributed by atoms with Gasteiger partial charge in [0.25, 0.3) is 0 Å². The number of aliphatic hydroxyl groups excluding tert-OH is 2. The highest BCUT2D eigenvalue weighted by molar-refractivity contribution is 5.90. The van der Waals surface area contributed by atoms with Gasteiger partial charge < -0.3 is 26.7 Å². The van der Waals surface area contributed by atoms with Gasteiger partial charge in [-0.25, -0.2) is 9.97 Å². The van der Waals surface area contributed by atoms with E-state index in [4.69, 9.17) is 11.5 Å². The largest absolute Gasteiger partial charge is 0.385 e. The Labute approximate surface area is 95.3 Å². The molecule has 2 unspecified atom stereocenters. The molecule has 0 aliphatic rings. The number of rotatable bonds is 3. The van der Waals surface area contributed by atoms with Crippen LogP contribution in [0.3, 0.4) is 0 Å². The zero-order chi connectivity index (χ0) is 12.6. The predicted octanol–water partition coefficient (Wildman–Crippen LogP) is -1.58. The fourth-order valence-corrected chi connectivity index (χ4v) is 1.57. The topological polar surface area (TPSA) is 151 Å². The van der Waals surface area contributed by atoms with E-state index in [2.05, 4.69) is 15.0 Å². The van der Waals surface area contributed by atoms with Crippen molar-refractivity contribution in [1.29, 1.82) is 0 Å². The van der Waals surface area contributed by atoms with Crippen LogP contribution in [0.1, 0.15) is 11.7 Å².